The second-order valence-corrected chi connectivity index (χ2v) is 5.01. The summed E-state index contributed by atoms with van der Waals surface area (Å²) in [7, 11) is 5.29. The lowest BCUT2D eigenvalue weighted by molar-refractivity contribution is 0.388. The van der Waals surface area contributed by atoms with E-state index in [1.165, 1.54) is 0 Å². The minimum Gasteiger partial charge on any atom is -0.496 e. The summed E-state index contributed by atoms with van der Waals surface area (Å²) >= 11 is 0. The number of ether oxygens (including phenoxy) is 2. The molecule has 0 atom stereocenters. The summed E-state index contributed by atoms with van der Waals surface area (Å²) in [6.07, 6.45) is 0. The van der Waals surface area contributed by atoms with Crippen molar-refractivity contribution in [1.29, 1.82) is 0 Å². The minimum absolute atomic E-state index is 0.0525. The van der Waals surface area contributed by atoms with Crippen LogP contribution in [0, 0.1) is 6.92 Å². The van der Waals surface area contributed by atoms with Crippen LogP contribution in [0.3, 0.4) is 0 Å². The molecule has 1 rings (SSSR count). The van der Waals surface area contributed by atoms with Crippen molar-refractivity contribution in [2.45, 2.75) is 26.3 Å². The Morgan fingerprint density at radius 1 is 1.17 bits per heavy atom. The number of benzene rings is 1. The van der Waals surface area contributed by atoms with Gasteiger partial charge in [-0.3, -0.25) is 0 Å². The number of nitrogens with one attached hydrogen (secondary N) is 2. The molecule has 0 radical (unpaired) electrons. The van der Waals surface area contributed by atoms with Gasteiger partial charge in [-0.1, -0.05) is 0 Å². The second kappa shape index (κ2) is 5.96. The van der Waals surface area contributed by atoms with Crippen molar-refractivity contribution in [3.8, 4) is 11.5 Å². The Morgan fingerprint density at radius 2 is 1.83 bits per heavy atom. The molecule has 0 amide bonds. The Kier molecular flexibility index (Phi) is 4.84. The zero-order chi connectivity index (χ0) is 13.8. The van der Waals surface area contributed by atoms with Crippen LogP contribution in [0.4, 0.5) is 5.69 Å². The van der Waals surface area contributed by atoms with Crippen LogP contribution in [0.25, 0.3) is 0 Å². The van der Waals surface area contributed by atoms with E-state index in [4.69, 9.17) is 9.47 Å². The number of hydrogen-bond donors (Lipinski definition) is 2. The lowest BCUT2D eigenvalue weighted by Crippen LogP contribution is -2.40. The van der Waals surface area contributed by atoms with E-state index in [1.54, 1.807) is 14.2 Å². The van der Waals surface area contributed by atoms with Crippen molar-refractivity contribution >= 4 is 5.69 Å². The molecular weight excluding hydrogens is 228 g/mol. The Bertz CT molecular complexity index is 403. The predicted molar refractivity (Wildman–Crippen MR) is 75.9 cm³/mol. The SMILES string of the molecule is CNCC(C)(C)Nc1ccc(OC)c(C)c1OC. The zero-order valence-corrected chi connectivity index (χ0v) is 12.2. The van der Waals surface area contributed by atoms with Gasteiger partial charge in [0.15, 0.2) is 0 Å². The molecule has 0 aliphatic carbocycles. The third kappa shape index (κ3) is 3.29. The van der Waals surface area contributed by atoms with Gasteiger partial charge in [-0.25, -0.2) is 0 Å². The fourth-order valence-corrected chi connectivity index (χ4v) is 2.11. The van der Waals surface area contributed by atoms with Gasteiger partial charge in [0.1, 0.15) is 11.5 Å². The molecule has 0 aliphatic rings. The lowest BCUT2D eigenvalue weighted by Gasteiger charge is -2.29. The monoisotopic (exact) mass is 252 g/mol. The van der Waals surface area contributed by atoms with Crippen molar-refractivity contribution in [2.24, 2.45) is 0 Å². The molecule has 0 heterocycles. The van der Waals surface area contributed by atoms with E-state index in [2.05, 4.69) is 24.5 Å². The molecule has 18 heavy (non-hydrogen) atoms. The van der Waals surface area contributed by atoms with Gasteiger partial charge in [-0.2, -0.15) is 0 Å². The standard InChI is InChI=1S/C14H24N2O2/c1-10-12(17-5)8-7-11(13(10)18-6)16-14(2,3)9-15-4/h7-8,15-16H,9H2,1-6H3. The van der Waals surface area contributed by atoms with Gasteiger partial charge in [0.25, 0.3) is 0 Å². The highest BCUT2D eigenvalue weighted by molar-refractivity contribution is 5.64. The summed E-state index contributed by atoms with van der Waals surface area (Å²) in [4.78, 5) is 0. The minimum atomic E-state index is -0.0525. The van der Waals surface area contributed by atoms with Crippen LogP contribution in [-0.4, -0.2) is 33.4 Å². The molecule has 0 bridgehead atoms. The number of hydrogen-bond acceptors (Lipinski definition) is 4. The van der Waals surface area contributed by atoms with Crippen molar-refractivity contribution in [3.05, 3.63) is 17.7 Å². The normalized spacial score (nSPS) is 11.2. The van der Waals surface area contributed by atoms with Crippen LogP contribution in [0.5, 0.6) is 11.5 Å². The Hall–Kier alpha value is -1.42. The molecule has 0 aliphatic heterocycles. The second-order valence-electron chi connectivity index (χ2n) is 5.01. The zero-order valence-electron chi connectivity index (χ0n) is 12.2. The third-order valence-electron chi connectivity index (χ3n) is 2.87. The smallest absolute Gasteiger partial charge is 0.148 e. The van der Waals surface area contributed by atoms with Gasteiger partial charge < -0.3 is 20.1 Å². The van der Waals surface area contributed by atoms with Crippen LogP contribution in [0.1, 0.15) is 19.4 Å². The summed E-state index contributed by atoms with van der Waals surface area (Å²) < 4.78 is 10.8. The first-order valence-corrected chi connectivity index (χ1v) is 6.09. The van der Waals surface area contributed by atoms with E-state index >= 15 is 0 Å². The molecule has 0 unspecified atom stereocenters. The van der Waals surface area contributed by atoms with E-state index in [9.17, 15) is 0 Å². The van der Waals surface area contributed by atoms with Gasteiger partial charge in [0.2, 0.25) is 0 Å². The first kappa shape index (κ1) is 14.6. The number of likely N-dealkylation sites (N-methyl/N-ethyl adjacent to an activating group) is 1. The highest BCUT2D eigenvalue weighted by Gasteiger charge is 2.20. The quantitative estimate of drug-likeness (QED) is 0.816. The van der Waals surface area contributed by atoms with Gasteiger partial charge in [-0.15, -0.1) is 0 Å². The summed E-state index contributed by atoms with van der Waals surface area (Å²) in [5.74, 6) is 1.67. The van der Waals surface area contributed by atoms with Crippen LogP contribution < -0.4 is 20.1 Å². The van der Waals surface area contributed by atoms with Crippen molar-refractivity contribution in [3.63, 3.8) is 0 Å². The number of anilines is 1. The molecular formula is C14H24N2O2. The summed E-state index contributed by atoms with van der Waals surface area (Å²) in [5.41, 5.74) is 1.93. The van der Waals surface area contributed by atoms with E-state index in [0.717, 1.165) is 29.3 Å². The summed E-state index contributed by atoms with van der Waals surface area (Å²) in [6, 6.07) is 3.94. The largest absolute Gasteiger partial charge is 0.496 e. The van der Waals surface area contributed by atoms with Crippen LogP contribution in [0.2, 0.25) is 0 Å². The third-order valence-corrected chi connectivity index (χ3v) is 2.87. The molecule has 1 aromatic rings. The van der Waals surface area contributed by atoms with Crippen molar-refractivity contribution in [2.75, 3.05) is 33.1 Å². The highest BCUT2D eigenvalue weighted by Crippen LogP contribution is 2.36. The van der Waals surface area contributed by atoms with E-state index < -0.39 is 0 Å². The van der Waals surface area contributed by atoms with Gasteiger partial charge in [0.05, 0.1) is 19.9 Å². The average molecular weight is 252 g/mol. The van der Waals surface area contributed by atoms with Crippen molar-refractivity contribution < 1.29 is 9.47 Å². The molecule has 0 fully saturated rings. The summed E-state index contributed by atoms with van der Waals surface area (Å²) in [5, 5.41) is 6.66. The predicted octanol–water partition coefficient (Wildman–Crippen LogP) is 2.42. The Balaban J connectivity index is 3.06. The summed E-state index contributed by atoms with van der Waals surface area (Å²) in [6.45, 7) is 7.14. The maximum absolute atomic E-state index is 5.48. The number of methoxy groups -OCH3 is 2. The molecule has 0 aromatic heterocycles. The highest BCUT2D eigenvalue weighted by atomic mass is 16.5. The topological polar surface area (TPSA) is 42.5 Å². The Labute approximate surface area is 110 Å². The molecule has 2 N–H and O–H groups in total. The fraction of sp³-hybridized carbons (Fsp3) is 0.571. The van der Waals surface area contributed by atoms with Gasteiger partial charge >= 0.3 is 0 Å². The van der Waals surface area contributed by atoms with Gasteiger partial charge in [0, 0.05) is 17.6 Å². The average Bonchev–Trinajstić information content (AvgIpc) is 2.29. The molecule has 0 spiro atoms. The molecule has 4 nitrogen and oxygen atoms in total. The van der Waals surface area contributed by atoms with Crippen LogP contribution in [-0.2, 0) is 0 Å². The maximum Gasteiger partial charge on any atom is 0.148 e. The molecule has 4 heteroatoms. The van der Waals surface area contributed by atoms with Crippen molar-refractivity contribution in [1.82, 2.24) is 5.32 Å². The fourth-order valence-electron chi connectivity index (χ4n) is 2.11. The lowest BCUT2D eigenvalue weighted by atomic mass is 10.0. The molecule has 0 saturated heterocycles. The van der Waals surface area contributed by atoms with Crippen LogP contribution in [0.15, 0.2) is 12.1 Å². The maximum atomic E-state index is 5.48. The van der Waals surface area contributed by atoms with Crippen LogP contribution >= 0.6 is 0 Å². The first-order chi connectivity index (χ1) is 8.45. The molecule has 102 valence electrons. The molecule has 1 aromatic carbocycles. The molecule has 0 saturated carbocycles. The van der Waals surface area contributed by atoms with E-state index in [0.29, 0.717) is 0 Å². The van der Waals surface area contributed by atoms with E-state index in [-0.39, 0.29) is 5.54 Å². The first-order valence-electron chi connectivity index (χ1n) is 6.09. The number of rotatable bonds is 6. The Morgan fingerprint density at radius 3 is 2.33 bits per heavy atom. The van der Waals surface area contributed by atoms with Gasteiger partial charge in [-0.05, 0) is 40.0 Å². The van der Waals surface area contributed by atoms with E-state index in [1.807, 2.05) is 26.1 Å².